The van der Waals surface area contributed by atoms with Gasteiger partial charge in [0.1, 0.15) is 25.1 Å². The Hall–Kier alpha value is -2.53. The Morgan fingerprint density at radius 1 is 1.07 bits per heavy atom. The number of rotatable bonds is 8. The summed E-state index contributed by atoms with van der Waals surface area (Å²) in [5.74, 6) is 0.849. The molecule has 5 nitrogen and oxygen atoms in total. The van der Waals surface area contributed by atoms with E-state index in [1.54, 1.807) is 4.90 Å². The molecule has 0 radical (unpaired) electrons. The molecule has 0 aliphatic heterocycles. The molecule has 5 heteroatoms. The van der Waals surface area contributed by atoms with Crippen LogP contribution in [0.5, 0.6) is 5.75 Å². The van der Waals surface area contributed by atoms with Crippen LogP contribution in [-0.2, 0) is 24.2 Å². The summed E-state index contributed by atoms with van der Waals surface area (Å²) in [6.07, 6.45) is 1.99. The van der Waals surface area contributed by atoms with Gasteiger partial charge in [-0.05, 0) is 75.3 Å². The zero-order valence-electron chi connectivity index (χ0n) is 18.4. The number of ether oxygens (including phenoxy) is 2. The van der Waals surface area contributed by atoms with Crippen molar-refractivity contribution in [2.45, 2.75) is 71.8 Å². The second kappa shape index (κ2) is 9.98. The standard InChI is InChI=1S/C25H33NO4/c1-17(2)26(25(28)30-15-20-9-6-5-7-10-20)19(4)23(27)16-29-24-14-13-18(3)21-11-8-12-22(21)24/h5-7,9-10,13-14,17,19,23,27H,8,11-12,15-16H2,1-4H3/t19-,23+/m0/s1. The fourth-order valence-corrected chi connectivity index (χ4v) is 4.13. The van der Waals surface area contributed by atoms with Gasteiger partial charge in [-0.15, -0.1) is 0 Å². The number of hydrogen-bond acceptors (Lipinski definition) is 4. The van der Waals surface area contributed by atoms with Crippen LogP contribution in [0.2, 0.25) is 0 Å². The number of carbonyl (C=O) groups excluding carboxylic acids is 1. The summed E-state index contributed by atoms with van der Waals surface area (Å²) in [5, 5.41) is 10.8. The number of fused-ring (bicyclic) bond motifs is 1. The quantitative estimate of drug-likeness (QED) is 0.686. The maximum Gasteiger partial charge on any atom is 0.410 e. The average molecular weight is 412 g/mol. The minimum atomic E-state index is -0.824. The Morgan fingerprint density at radius 3 is 2.47 bits per heavy atom. The van der Waals surface area contributed by atoms with E-state index in [4.69, 9.17) is 9.47 Å². The number of nitrogens with zero attached hydrogens (tertiary/aromatic N) is 1. The first-order valence-electron chi connectivity index (χ1n) is 10.8. The van der Waals surface area contributed by atoms with Crippen LogP contribution in [0.25, 0.3) is 0 Å². The summed E-state index contributed by atoms with van der Waals surface area (Å²) in [7, 11) is 0. The number of aryl methyl sites for hydroxylation is 1. The first kappa shape index (κ1) is 22.2. The number of amides is 1. The molecular weight excluding hydrogens is 378 g/mol. The molecule has 0 aromatic heterocycles. The molecule has 1 aliphatic carbocycles. The number of hydrogen-bond donors (Lipinski definition) is 1. The van der Waals surface area contributed by atoms with E-state index >= 15 is 0 Å². The molecule has 2 atom stereocenters. The van der Waals surface area contributed by atoms with E-state index in [0.717, 1.165) is 30.6 Å². The van der Waals surface area contributed by atoms with Crippen molar-refractivity contribution >= 4 is 6.09 Å². The van der Waals surface area contributed by atoms with E-state index in [0.29, 0.717) is 0 Å². The molecule has 0 fully saturated rings. The minimum absolute atomic E-state index is 0.110. The van der Waals surface area contributed by atoms with Crippen molar-refractivity contribution < 1.29 is 19.4 Å². The van der Waals surface area contributed by atoms with Gasteiger partial charge < -0.3 is 19.5 Å². The van der Waals surface area contributed by atoms with Crippen molar-refractivity contribution in [2.75, 3.05) is 6.61 Å². The van der Waals surface area contributed by atoms with Crippen molar-refractivity contribution in [3.8, 4) is 5.75 Å². The van der Waals surface area contributed by atoms with E-state index in [2.05, 4.69) is 13.0 Å². The van der Waals surface area contributed by atoms with Gasteiger partial charge in [0, 0.05) is 6.04 Å². The summed E-state index contributed by atoms with van der Waals surface area (Å²) in [5.41, 5.74) is 4.87. The van der Waals surface area contributed by atoms with Crippen molar-refractivity contribution in [3.63, 3.8) is 0 Å². The lowest BCUT2D eigenvalue weighted by molar-refractivity contribution is 0.00564. The lowest BCUT2D eigenvalue weighted by atomic mass is 10.0. The molecule has 2 aromatic carbocycles. The largest absolute Gasteiger partial charge is 0.491 e. The monoisotopic (exact) mass is 411 g/mol. The van der Waals surface area contributed by atoms with Crippen LogP contribution < -0.4 is 4.74 Å². The highest BCUT2D eigenvalue weighted by Crippen LogP contribution is 2.33. The molecule has 2 aromatic rings. The molecule has 1 N–H and O–H groups in total. The van der Waals surface area contributed by atoms with Crippen LogP contribution in [-0.4, -0.2) is 40.9 Å². The summed E-state index contributed by atoms with van der Waals surface area (Å²) in [6.45, 7) is 8.13. The number of carbonyl (C=O) groups is 1. The van der Waals surface area contributed by atoms with Crippen LogP contribution in [0, 0.1) is 6.92 Å². The molecule has 162 valence electrons. The van der Waals surface area contributed by atoms with Crippen LogP contribution in [0.3, 0.4) is 0 Å². The average Bonchev–Trinajstić information content (AvgIpc) is 3.23. The first-order valence-corrected chi connectivity index (χ1v) is 10.8. The van der Waals surface area contributed by atoms with Crippen LogP contribution in [0.4, 0.5) is 4.79 Å². The molecule has 0 saturated carbocycles. The molecule has 0 bridgehead atoms. The van der Waals surface area contributed by atoms with Gasteiger partial charge in [0.15, 0.2) is 0 Å². The van der Waals surface area contributed by atoms with Crippen molar-refractivity contribution in [1.29, 1.82) is 0 Å². The fraction of sp³-hybridized carbons (Fsp3) is 0.480. The third-order valence-electron chi connectivity index (χ3n) is 5.85. The van der Waals surface area contributed by atoms with E-state index in [1.165, 1.54) is 16.7 Å². The third-order valence-corrected chi connectivity index (χ3v) is 5.85. The van der Waals surface area contributed by atoms with Gasteiger partial charge >= 0.3 is 6.09 Å². The number of benzene rings is 2. The summed E-state index contributed by atoms with van der Waals surface area (Å²) in [4.78, 5) is 14.3. The van der Waals surface area contributed by atoms with Gasteiger partial charge in [-0.25, -0.2) is 4.79 Å². The SMILES string of the molecule is Cc1ccc(OC[C@@H](O)[C@H](C)N(C(=O)OCc2ccccc2)C(C)C)c2c1CCC2. The molecule has 30 heavy (non-hydrogen) atoms. The zero-order chi connectivity index (χ0) is 21.7. The van der Waals surface area contributed by atoms with Gasteiger partial charge in [0.25, 0.3) is 0 Å². The highest BCUT2D eigenvalue weighted by atomic mass is 16.6. The predicted octanol–water partition coefficient (Wildman–Crippen LogP) is 4.66. The second-order valence-electron chi connectivity index (χ2n) is 8.35. The lowest BCUT2D eigenvalue weighted by Crippen LogP contribution is -2.50. The minimum Gasteiger partial charge on any atom is -0.491 e. The van der Waals surface area contributed by atoms with Crippen molar-refractivity contribution in [1.82, 2.24) is 4.90 Å². The molecule has 1 amide bonds. The van der Waals surface area contributed by atoms with Gasteiger partial charge in [-0.3, -0.25) is 0 Å². The highest BCUT2D eigenvalue weighted by molar-refractivity contribution is 5.68. The van der Waals surface area contributed by atoms with Gasteiger partial charge in [-0.2, -0.15) is 0 Å². The smallest absolute Gasteiger partial charge is 0.410 e. The van der Waals surface area contributed by atoms with Crippen molar-refractivity contribution in [3.05, 3.63) is 64.7 Å². The van der Waals surface area contributed by atoms with Crippen LogP contribution in [0.15, 0.2) is 42.5 Å². The molecule has 0 unspecified atom stereocenters. The van der Waals surface area contributed by atoms with Crippen molar-refractivity contribution in [2.24, 2.45) is 0 Å². The van der Waals surface area contributed by atoms with Gasteiger partial charge in [0.05, 0.1) is 6.04 Å². The Morgan fingerprint density at radius 2 is 1.77 bits per heavy atom. The first-order chi connectivity index (χ1) is 14.4. The molecule has 3 rings (SSSR count). The number of aliphatic hydroxyl groups is 1. The Labute approximate surface area is 179 Å². The topological polar surface area (TPSA) is 59.0 Å². The highest BCUT2D eigenvalue weighted by Gasteiger charge is 2.30. The van der Waals surface area contributed by atoms with E-state index in [-0.39, 0.29) is 19.3 Å². The summed E-state index contributed by atoms with van der Waals surface area (Å²) < 4.78 is 11.5. The normalized spacial score (nSPS) is 14.9. The molecule has 0 spiro atoms. The zero-order valence-corrected chi connectivity index (χ0v) is 18.4. The third kappa shape index (κ3) is 5.14. The number of aliphatic hydroxyl groups excluding tert-OH is 1. The van der Waals surface area contributed by atoms with Gasteiger partial charge in [0.2, 0.25) is 0 Å². The Bertz CT molecular complexity index is 850. The van der Waals surface area contributed by atoms with E-state index in [1.807, 2.05) is 57.2 Å². The molecular formula is C25H33NO4. The van der Waals surface area contributed by atoms with Gasteiger partial charge in [-0.1, -0.05) is 36.4 Å². The molecule has 0 saturated heterocycles. The van der Waals surface area contributed by atoms with Crippen LogP contribution >= 0.6 is 0 Å². The summed E-state index contributed by atoms with van der Waals surface area (Å²) >= 11 is 0. The Balaban J connectivity index is 1.60. The van der Waals surface area contributed by atoms with E-state index in [9.17, 15) is 9.90 Å². The summed E-state index contributed by atoms with van der Waals surface area (Å²) in [6, 6.07) is 13.1. The molecule has 1 aliphatic rings. The second-order valence-corrected chi connectivity index (χ2v) is 8.35. The van der Waals surface area contributed by atoms with Crippen LogP contribution in [0.1, 0.15) is 49.4 Å². The Kier molecular flexibility index (Phi) is 7.38. The predicted molar refractivity (Wildman–Crippen MR) is 118 cm³/mol. The fourth-order valence-electron chi connectivity index (χ4n) is 4.13. The molecule has 0 heterocycles. The maximum atomic E-state index is 12.7. The maximum absolute atomic E-state index is 12.7. The lowest BCUT2D eigenvalue weighted by Gasteiger charge is -2.34. The van der Waals surface area contributed by atoms with E-state index < -0.39 is 18.2 Å².